The van der Waals surface area contributed by atoms with Crippen LogP contribution in [0.2, 0.25) is 0 Å². The number of carbonyl (C=O) groups is 1. The van der Waals surface area contributed by atoms with Crippen molar-refractivity contribution in [2.75, 3.05) is 5.75 Å². The number of hydrogen-bond donors (Lipinski definition) is 1. The molecule has 0 aliphatic carbocycles. The van der Waals surface area contributed by atoms with Crippen LogP contribution in [0.15, 0.2) is 81.4 Å². The van der Waals surface area contributed by atoms with Gasteiger partial charge >= 0.3 is 0 Å². The Bertz CT molecular complexity index is 1320. The molecule has 10 nitrogen and oxygen atoms in total. The number of amides is 1. The fraction of sp³-hybridized carbons (Fsp3) is 0.0909. The second-order valence-corrected chi connectivity index (χ2v) is 7.76. The molecular formula is C22H18N6O4S. The number of aromatic nitrogens is 3. The number of aryl methyl sites for hydroxylation is 1. The van der Waals surface area contributed by atoms with Gasteiger partial charge in [-0.05, 0) is 31.2 Å². The van der Waals surface area contributed by atoms with Crippen molar-refractivity contribution < 1.29 is 14.1 Å². The zero-order valence-corrected chi connectivity index (χ0v) is 18.2. The summed E-state index contributed by atoms with van der Waals surface area (Å²) in [5.41, 5.74) is 3.70. The molecule has 0 saturated heterocycles. The number of benzene rings is 2. The lowest BCUT2D eigenvalue weighted by Gasteiger charge is -2.10. The number of furan rings is 1. The Labute approximate surface area is 192 Å². The van der Waals surface area contributed by atoms with Crippen LogP contribution in [0.5, 0.6) is 0 Å². The van der Waals surface area contributed by atoms with E-state index in [2.05, 4.69) is 20.7 Å². The molecule has 166 valence electrons. The summed E-state index contributed by atoms with van der Waals surface area (Å²) in [5, 5.41) is 24.0. The van der Waals surface area contributed by atoms with E-state index < -0.39 is 4.92 Å². The summed E-state index contributed by atoms with van der Waals surface area (Å²) >= 11 is 1.17. The first kappa shape index (κ1) is 22.0. The van der Waals surface area contributed by atoms with Crippen molar-refractivity contribution in [1.29, 1.82) is 0 Å². The topological polar surface area (TPSA) is 128 Å². The predicted molar refractivity (Wildman–Crippen MR) is 123 cm³/mol. The Morgan fingerprint density at radius 3 is 2.73 bits per heavy atom. The van der Waals surface area contributed by atoms with Gasteiger partial charge in [0, 0.05) is 23.4 Å². The second-order valence-electron chi connectivity index (χ2n) is 6.81. The highest BCUT2D eigenvalue weighted by atomic mass is 32.2. The van der Waals surface area contributed by atoms with Crippen molar-refractivity contribution in [3.8, 4) is 17.1 Å². The van der Waals surface area contributed by atoms with Gasteiger partial charge < -0.3 is 4.42 Å². The zero-order valence-electron chi connectivity index (χ0n) is 17.4. The molecule has 2 heterocycles. The molecule has 4 aromatic rings. The first-order chi connectivity index (χ1) is 16.0. The van der Waals surface area contributed by atoms with Crippen LogP contribution in [0.1, 0.15) is 11.5 Å². The van der Waals surface area contributed by atoms with Crippen molar-refractivity contribution in [3.63, 3.8) is 0 Å². The molecule has 1 N–H and O–H groups in total. The third kappa shape index (κ3) is 5.33. The number of hydrogen-bond acceptors (Lipinski definition) is 8. The summed E-state index contributed by atoms with van der Waals surface area (Å²) in [6.45, 7) is 1.82. The molecule has 0 unspecified atom stereocenters. The number of nitrogens with zero attached hydrogens (tertiary/aromatic N) is 5. The fourth-order valence-corrected chi connectivity index (χ4v) is 3.72. The minimum Gasteiger partial charge on any atom is -0.460 e. The quantitative estimate of drug-likeness (QED) is 0.181. The predicted octanol–water partition coefficient (Wildman–Crippen LogP) is 3.99. The average Bonchev–Trinajstić information content (AvgIpc) is 3.44. The number of para-hydroxylation sites is 1. The van der Waals surface area contributed by atoms with Gasteiger partial charge in [-0.15, -0.1) is 10.2 Å². The van der Waals surface area contributed by atoms with Gasteiger partial charge in [-0.2, -0.15) is 5.10 Å². The zero-order chi connectivity index (χ0) is 23.2. The van der Waals surface area contributed by atoms with Crippen molar-refractivity contribution in [2.45, 2.75) is 12.1 Å². The van der Waals surface area contributed by atoms with Gasteiger partial charge in [0.05, 0.1) is 16.9 Å². The van der Waals surface area contributed by atoms with E-state index in [9.17, 15) is 14.9 Å². The second kappa shape index (κ2) is 9.92. The fourth-order valence-electron chi connectivity index (χ4n) is 2.97. The Kier molecular flexibility index (Phi) is 6.60. The number of nitrogens with one attached hydrogen (secondary N) is 1. The van der Waals surface area contributed by atoms with Gasteiger partial charge in [0.1, 0.15) is 11.5 Å². The van der Waals surface area contributed by atoms with Crippen LogP contribution in [0.4, 0.5) is 5.69 Å². The van der Waals surface area contributed by atoms with Crippen molar-refractivity contribution in [3.05, 3.63) is 88.4 Å². The van der Waals surface area contributed by atoms with Crippen LogP contribution >= 0.6 is 11.8 Å². The number of thioether (sulfide) groups is 1. The van der Waals surface area contributed by atoms with E-state index in [-0.39, 0.29) is 17.3 Å². The van der Waals surface area contributed by atoms with Gasteiger partial charge in [-0.25, -0.2) is 5.43 Å². The third-order valence-corrected chi connectivity index (χ3v) is 5.37. The van der Waals surface area contributed by atoms with Gasteiger partial charge in [-0.3, -0.25) is 19.5 Å². The maximum absolute atomic E-state index is 12.2. The highest BCUT2D eigenvalue weighted by molar-refractivity contribution is 7.99. The van der Waals surface area contributed by atoms with Gasteiger partial charge in [0.15, 0.2) is 11.0 Å². The van der Waals surface area contributed by atoms with Crippen LogP contribution in [-0.2, 0) is 4.79 Å². The third-order valence-electron chi connectivity index (χ3n) is 4.44. The van der Waals surface area contributed by atoms with E-state index in [1.807, 2.05) is 37.3 Å². The molecule has 11 heteroatoms. The first-order valence-corrected chi connectivity index (χ1v) is 10.8. The number of nitro benzene ring substituents is 1. The van der Waals surface area contributed by atoms with Crippen LogP contribution < -0.4 is 5.43 Å². The van der Waals surface area contributed by atoms with Crippen LogP contribution in [0, 0.1) is 17.0 Å². The van der Waals surface area contributed by atoms with E-state index in [1.165, 1.54) is 30.1 Å². The number of nitro groups is 1. The summed E-state index contributed by atoms with van der Waals surface area (Å²) in [5.74, 6) is 1.41. The SMILES string of the molecule is Cc1ccc(/C=N\NC(=O)CSc2nnc(-c3cccc([N+](=O)[O-])c3)n2-c2ccccc2)o1. The molecule has 0 radical (unpaired) electrons. The molecule has 0 fully saturated rings. The average molecular weight is 462 g/mol. The number of hydrazone groups is 1. The van der Waals surface area contributed by atoms with Crippen molar-refractivity contribution in [1.82, 2.24) is 20.2 Å². The molecule has 2 aromatic heterocycles. The molecule has 0 spiro atoms. The van der Waals surface area contributed by atoms with E-state index >= 15 is 0 Å². The summed E-state index contributed by atoms with van der Waals surface area (Å²) in [6, 6.07) is 19.0. The van der Waals surface area contributed by atoms with Gasteiger partial charge in [-0.1, -0.05) is 42.1 Å². The van der Waals surface area contributed by atoms with Crippen LogP contribution in [0.25, 0.3) is 17.1 Å². The first-order valence-electron chi connectivity index (χ1n) is 9.78. The standard InChI is InChI=1S/C22H18N6O4S/c1-15-10-11-19(32-15)13-23-24-20(29)14-33-22-26-25-21(27(22)17-7-3-2-4-8-17)16-6-5-9-18(12-16)28(30)31/h2-13H,14H2,1H3,(H,24,29)/b23-13-. The Hall–Kier alpha value is -4.25. The summed E-state index contributed by atoms with van der Waals surface area (Å²) < 4.78 is 7.11. The van der Waals surface area contributed by atoms with Crippen molar-refractivity contribution >= 4 is 29.6 Å². The molecule has 0 saturated carbocycles. The number of non-ortho nitro benzene ring substituents is 1. The molecule has 0 bridgehead atoms. The maximum atomic E-state index is 12.2. The lowest BCUT2D eigenvalue weighted by atomic mass is 10.2. The highest BCUT2D eigenvalue weighted by Gasteiger charge is 2.19. The molecule has 0 aliphatic rings. The van der Waals surface area contributed by atoms with E-state index in [0.717, 1.165) is 11.4 Å². The largest absolute Gasteiger partial charge is 0.460 e. The molecule has 4 rings (SSSR count). The molecular weight excluding hydrogens is 444 g/mol. The van der Waals surface area contributed by atoms with Crippen molar-refractivity contribution in [2.24, 2.45) is 5.10 Å². The van der Waals surface area contributed by atoms with E-state index in [0.29, 0.717) is 22.3 Å². The molecule has 2 aromatic carbocycles. The Balaban J connectivity index is 1.54. The minimum absolute atomic E-state index is 0.0361. The molecule has 33 heavy (non-hydrogen) atoms. The van der Waals surface area contributed by atoms with Gasteiger partial charge in [0.2, 0.25) is 0 Å². The normalized spacial score (nSPS) is 11.1. The Morgan fingerprint density at radius 2 is 2.00 bits per heavy atom. The van der Waals surface area contributed by atoms with E-state index in [1.54, 1.807) is 28.8 Å². The van der Waals surface area contributed by atoms with Crippen LogP contribution in [0.3, 0.4) is 0 Å². The lowest BCUT2D eigenvalue weighted by molar-refractivity contribution is -0.384. The van der Waals surface area contributed by atoms with Crippen LogP contribution in [-0.4, -0.2) is 37.6 Å². The van der Waals surface area contributed by atoms with E-state index in [4.69, 9.17) is 4.42 Å². The lowest BCUT2D eigenvalue weighted by Crippen LogP contribution is -2.19. The number of rotatable bonds is 8. The Morgan fingerprint density at radius 1 is 1.18 bits per heavy atom. The summed E-state index contributed by atoms with van der Waals surface area (Å²) in [6.07, 6.45) is 1.42. The monoisotopic (exact) mass is 462 g/mol. The highest BCUT2D eigenvalue weighted by Crippen LogP contribution is 2.29. The minimum atomic E-state index is -0.461. The number of carbonyl (C=O) groups excluding carboxylic acids is 1. The smallest absolute Gasteiger partial charge is 0.270 e. The van der Waals surface area contributed by atoms with Gasteiger partial charge in [0.25, 0.3) is 11.6 Å². The molecule has 0 aliphatic heterocycles. The summed E-state index contributed by atoms with van der Waals surface area (Å²) in [4.78, 5) is 23.0. The summed E-state index contributed by atoms with van der Waals surface area (Å²) in [7, 11) is 0. The molecule has 1 amide bonds. The molecule has 0 atom stereocenters. The maximum Gasteiger partial charge on any atom is 0.270 e.